The molecule has 1 aliphatic carbocycles. The first-order valence-corrected chi connectivity index (χ1v) is 10.1. The monoisotopic (exact) mass is 357 g/mol. The normalized spacial score (nSPS) is 25.5. The summed E-state index contributed by atoms with van der Waals surface area (Å²) in [6.45, 7) is 9.06. The molecule has 0 saturated carbocycles. The van der Waals surface area contributed by atoms with Crippen LogP contribution in [0.3, 0.4) is 0 Å². The summed E-state index contributed by atoms with van der Waals surface area (Å²) in [4.78, 5) is 17.3. The average molecular weight is 358 g/mol. The number of amides is 1. The highest BCUT2D eigenvalue weighted by molar-refractivity contribution is 5.79. The number of hydrogen-bond donors (Lipinski definition) is 0. The minimum Gasteiger partial charge on any atom is -0.342 e. The smallest absolute Gasteiger partial charge is 0.226 e. The van der Waals surface area contributed by atoms with E-state index < -0.39 is 0 Å². The molecule has 0 unspecified atom stereocenters. The molecule has 1 fully saturated rings. The van der Waals surface area contributed by atoms with Crippen LogP contribution in [-0.4, -0.2) is 57.2 Å². The number of rotatable bonds is 2. The summed E-state index contributed by atoms with van der Waals surface area (Å²) < 4.78 is 2.32. The molecule has 2 aliphatic heterocycles. The first-order chi connectivity index (χ1) is 12.5. The van der Waals surface area contributed by atoms with Crippen LogP contribution in [0.4, 0.5) is 0 Å². The summed E-state index contributed by atoms with van der Waals surface area (Å²) in [5, 5.41) is 8.92. The number of nitrogens with zero attached hydrogens (tertiary/aromatic N) is 5. The number of carbonyl (C=O) groups is 1. The quantitative estimate of drug-likeness (QED) is 0.764. The van der Waals surface area contributed by atoms with Crippen molar-refractivity contribution >= 4 is 5.91 Å². The van der Waals surface area contributed by atoms with Crippen LogP contribution in [0.15, 0.2) is 11.1 Å². The number of aromatic nitrogens is 3. The number of carbonyl (C=O) groups excluding carboxylic acids is 1. The third-order valence-electron chi connectivity index (χ3n) is 6.64. The van der Waals surface area contributed by atoms with Gasteiger partial charge in [-0.25, -0.2) is 0 Å². The van der Waals surface area contributed by atoms with Gasteiger partial charge in [-0.15, -0.1) is 10.2 Å². The number of piperidine rings is 1. The van der Waals surface area contributed by atoms with E-state index >= 15 is 0 Å². The Kier molecular flexibility index (Phi) is 4.86. The Bertz CT molecular complexity index is 714. The lowest BCUT2D eigenvalue weighted by molar-refractivity contribution is -0.137. The molecule has 0 N–H and O–H groups in total. The topological polar surface area (TPSA) is 54.3 Å². The van der Waals surface area contributed by atoms with Crippen molar-refractivity contribution < 1.29 is 4.79 Å². The molecule has 3 aliphatic rings. The van der Waals surface area contributed by atoms with E-state index in [-0.39, 0.29) is 5.92 Å². The Labute approximate surface area is 156 Å². The molecule has 26 heavy (non-hydrogen) atoms. The molecule has 3 heterocycles. The molecule has 6 heteroatoms. The standard InChI is InChI=1S/C20H31N5O/c1-14-4-5-17(12-15(14)2)20(26)24-8-6-16(7-9-24)19-22-21-18-13-23(3)10-11-25(18)19/h16-17H,4-13H2,1-3H3/t17-/m0/s1. The van der Waals surface area contributed by atoms with Crippen LogP contribution in [0.25, 0.3) is 0 Å². The molecule has 4 rings (SSSR count). The van der Waals surface area contributed by atoms with Crippen LogP contribution in [-0.2, 0) is 17.9 Å². The maximum absolute atomic E-state index is 12.9. The summed E-state index contributed by atoms with van der Waals surface area (Å²) in [6, 6.07) is 0. The minimum atomic E-state index is 0.201. The van der Waals surface area contributed by atoms with Crippen molar-refractivity contribution in [3.63, 3.8) is 0 Å². The maximum atomic E-state index is 12.9. The molecule has 1 atom stereocenters. The molecule has 0 bridgehead atoms. The highest BCUT2D eigenvalue weighted by Crippen LogP contribution is 2.33. The van der Waals surface area contributed by atoms with Gasteiger partial charge in [0.2, 0.25) is 5.91 Å². The molecule has 1 aromatic heterocycles. The van der Waals surface area contributed by atoms with Crippen LogP contribution >= 0.6 is 0 Å². The zero-order chi connectivity index (χ0) is 18.3. The van der Waals surface area contributed by atoms with E-state index in [1.54, 1.807) is 0 Å². The van der Waals surface area contributed by atoms with Gasteiger partial charge in [-0.05, 0) is 53.0 Å². The zero-order valence-electron chi connectivity index (χ0n) is 16.4. The molecule has 0 radical (unpaired) electrons. The molecule has 0 aromatic carbocycles. The van der Waals surface area contributed by atoms with Crippen molar-refractivity contribution in [2.24, 2.45) is 5.92 Å². The van der Waals surface area contributed by atoms with Gasteiger partial charge in [0.15, 0.2) is 0 Å². The summed E-state index contributed by atoms with van der Waals surface area (Å²) in [5.74, 6) is 3.25. The lowest BCUT2D eigenvalue weighted by Crippen LogP contribution is -2.42. The van der Waals surface area contributed by atoms with Crippen LogP contribution in [0.1, 0.15) is 63.5 Å². The largest absolute Gasteiger partial charge is 0.342 e. The Hall–Kier alpha value is -1.69. The van der Waals surface area contributed by atoms with Crippen LogP contribution in [0, 0.1) is 5.92 Å². The molecule has 1 aromatic rings. The molecule has 0 spiro atoms. The maximum Gasteiger partial charge on any atom is 0.226 e. The van der Waals surface area contributed by atoms with Crippen molar-refractivity contribution in [3.8, 4) is 0 Å². The zero-order valence-corrected chi connectivity index (χ0v) is 16.4. The summed E-state index contributed by atoms with van der Waals surface area (Å²) in [6.07, 6.45) is 5.09. The van der Waals surface area contributed by atoms with Crippen molar-refractivity contribution in [3.05, 3.63) is 22.8 Å². The molecular formula is C20H31N5O. The van der Waals surface area contributed by atoms with Gasteiger partial charge in [0, 0.05) is 38.0 Å². The van der Waals surface area contributed by atoms with E-state index in [9.17, 15) is 4.79 Å². The second kappa shape index (κ2) is 7.14. The Morgan fingerprint density at radius 3 is 2.50 bits per heavy atom. The predicted octanol–water partition coefficient (Wildman–Crippen LogP) is 2.57. The number of hydrogen-bond acceptors (Lipinski definition) is 4. The highest BCUT2D eigenvalue weighted by atomic mass is 16.2. The van der Waals surface area contributed by atoms with Crippen molar-refractivity contribution in [2.45, 2.75) is 65.0 Å². The lowest BCUT2D eigenvalue weighted by atomic mass is 9.83. The highest BCUT2D eigenvalue weighted by Gasteiger charge is 2.32. The second-order valence-corrected chi connectivity index (χ2v) is 8.46. The summed E-state index contributed by atoms with van der Waals surface area (Å²) in [7, 11) is 2.13. The summed E-state index contributed by atoms with van der Waals surface area (Å²) >= 11 is 0. The molecule has 142 valence electrons. The Morgan fingerprint density at radius 2 is 1.77 bits per heavy atom. The third kappa shape index (κ3) is 3.31. The van der Waals surface area contributed by atoms with E-state index in [0.29, 0.717) is 11.8 Å². The summed E-state index contributed by atoms with van der Waals surface area (Å²) in [5.41, 5.74) is 2.90. The van der Waals surface area contributed by atoms with E-state index in [2.05, 4.69) is 45.5 Å². The van der Waals surface area contributed by atoms with E-state index in [1.807, 2.05) is 0 Å². The minimum absolute atomic E-state index is 0.201. The van der Waals surface area contributed by atoms with Gasteiger partial charge >= 0.3 is 0 Å². The van der Waals surface area contributed by atoms with Crippen molar-refractivity contribution in [1.29, 1.82) is 0 Å². The van der Waals surface area contributed by atoms with E-state index in [4.69, 9.17) is 0 Å². The SMILES string of the molecule is CC1=C(C)C[C@@H](C(=O)N2CCC(c3nnc4n3CCN(C)C4)CC2)CC1. The Morgan fingerprint density at radius 1 is 1.00 bits per heavy atom. The fourth-order valence-electron chi connectivity index (χ4n) is 4.68. The number of allylic oxidation sites excluding steroid dienone is 2. The van der Waals surface area contributed by atoms with Crippen molar-refractivity contribution in [1.82, 2.24) is 24.6 Å². The van der Waals surface area contributed by atoms with Crippen LogP contribution < -0.4 is 0 Å². The first-order valence-electron chi connectivity index (χ1n) is 10.1. The van der Waals surface area contributed by atoms with Gasteiger partial charge in [0.25, 0.3) is 0 Å². The first kappa shape index (κ1) is 17.7. The second-order valence-electron chi connectivity index (χ2n) is 8.46. The van der Waals surface area contributed by atoms with Gasteiger partial charge in [-0.1, -0.05) is 11.1 Å². The molecular weight excluding hydrogens is 326 g/mol. The third-order valence-corrected chi connectivity index (χ3v) is 6.64. The fraction of sp³-hybridized carbons (Fsp3) is 0.750. The van der Waals surface area contributed by atoms with Crippen LogP contribution in [0.2, 0.25) is 0 Å². The average Bonchev–Trinajstić information content (AvgIpc) is 3.06. The van der Waals surface area contributed by atoms with E-state index in [0.717, 1.165) is 76.5 Å². The van der Waals surface area contributed by atoms with E-state index in [1.165, 1.54) is 11.1 Å². The van der Waals surface area contributed by atoms with Gasteiger partial charge in [0.05, 0.1) is 6.54 Å². The van der Waals surface area contributed by atoms with Crippen molar-refractivity contribution in [2.75, 3.05) is 26.7 Å². The fourth-order valence-corrected chi connectivity index (χ4v) is 4.68. The van der Waals surface area contributed by atoms with Gasteiger partial charge in [-0.3, -0.25) is 9.69 Å². The van der Waals surface area contributed by atoms with Gasteiger partial charge in [-0.2, -0.15) is 0 Å². The number of fused-ring (bicyclic) bond motifs is 1. The Balaban J connectivity index is 1.37. The van der Waals surface area contributed by atoms with Crippen LogP contribution in [0.5, 0.6) is 0 Å². The van der Waals surface area contributed by atoms with Gasteiger partial charge in [0.1, 0.15) is 11.6 Å². The molecule has 1 saturated heterocycles. The van der Waals surface area contributed by atoms with Gasteiger partial charge < -0.3 is 9.47 Å². The lowest BCUT2D eigenvalue weighted by Gasteiger charge is -2.35. The number of likely N-dealkylation sites (N-methyl/N-ethyl adjacent to an activating group) is 1. The molecule has 1 amide bonds. The molecule has 6 nitrogen and oxygen atoms in total. The number of likely N-dealkylation sites (tertiary alicyclic amines) is 1. The predicted molar refractivity (Wildman–Crippen MR) is 101 cm³/mol.